The fourth-order valence-corrected chi connectivity index (χ4v) is 2.78. The number of nitrogens with one attached hydrogen (secondary N) is 1. The highest BCUT2D eigenvalue weighted by molar-refractivity contribution is 5.97. The van der Waals surface area contributed by atoms with Crippen LogP contribution in [0.2, 0.25) is 0 Å². The molecule has 0 saturated carbocycles. The third-order valence-electron chi connectivity index (χ3n) is 4.00. The van der Waals surface area contributed by atoms with Crippen LogP contribution in [0.5, 0.6) is 0 Å². The van der Waals surface area contributed by atoms with Gasteiger partial charge >= 0.3 is 0 Å². The number of carbonyl (C=O) groups excluding carboxylic acids is 2. The van der Waals surface area contributed by atoms with E-state index in [0.717, 1.165) is 12.1 Å². The van der Waals surface area contributed by atoms with Crippen LogP contribution in [0.25, 0.3) is 0 Å². The second-order valence-electron chi connectivity index (χ2n) is 5.58. The van der Waals surface area contributed by atoms with Crippen molar-refractivity contribution in [2.75, 3.05) is 6.54 Å². The van der Waals surface area contributed by atoms with Gasteiger partial charge in [0.15, 0.2) is 11.6 Å². The van der Waals surface area contributed by atoms with E-state index in [2.05, 4.69) is 5.32 Å². The van der Waals surface area contributed by atoms with Crippen LogP contribution in [0, 0.1) is 11.6 Å². The lowest BCUT2D eigenvalue weighted by molar-refractivity contribution is -0.125. The van der Waals surface area contributed by atoms with Crippen molar-refractivity contribution in [1.82, 2.24) is 10.2 Å². The quantitative estimate of drug-likeness (QED) is 0.934. The largest absolute Gasteiger partial charge is 0.467 e. The molecule has 126 valence electrons. The first kappa shape index (κ1) is 16.2. The minimum atomic E-state index is -1.08. The summed E-state index contributed by atoms with van der Waals surface area (Å²) >= 11 is 0. The Balaban J connectivity index is 1.68. The van der Waals surface area contributed by atoms with Crippen LogP contribution in [0.4, 0.5) is 8.78 Å². The summed E-state index contributed by atoms with van der Waals surface area (Å²) in [5, 5.41) is 2.72. The Morgan fingerprint density at radius 2 is 2.08 bits per heavy atom. The van der Waals surface area contributed by atoms with Crippen LogP contribution >= 0.6 is 0 Å². The van der Waals surface area contributed by atoms with Gasteiger partial charge in [0.25, 0.3) is 5.91 Å². The molecule has 24 heavy (non-hydrogen) atoms. The third kappa shape index (κ3) is 3.29. The summed E-state index contributed by atoms with van der Waals surface area (Å²) in [7, 11) is 0. The highest BCUT2D eigenvalue weighted by Gasteiger charge is 2.34. The molecule has 1 aromatic heterocycles. The van der Waals surface area contributed by atoms with Crippen molar-refractivity contribution in [2.45, 2.75) is 25.4 Å². The molecule has 0 spiro atoms. The van der Waals surface area contributed by atoms with E-state index in [0.29, 0.717) is 25.1 Å². The first-order chi connectivity index (χ1) is 11.6. The third-order valence-corrected chi connectivity index (χ3v) is 4.00. The van der Waals surface area contributed by atoms with E-state index in [1.165, 1.54) is 17.2 Å². The molecular formula is C17H16F2N2O3. The van der Waals surface area contributed by atoms with E-state index < -0.39 is 23.6 Å². The molecule has 1 atom stereocenters. The van der Waals surface area contributed by atoms with Crippen LogP contribution in [0.3, 0.4) is 0 Å². The first-order valence-electron chi connectivity index (χ1n) is 7.62. The van der Waals surface area contributed by atoms with Gasteiger partial charge in [-0.2, -0.15) is 0 Å². The maximum atomic E-state index is 13.3. The number of carbonyl (C=O) groups is 2. The van der Waals surface area contributed by atoms with Gasteiger partial charge in [-0.05, 0) is 43.2 Å². The molecule has 2 heterocycles. The number of amides is 2. The molecule has 1 N–H and O–H groups in total. The lowest BCUT2D eigenvalue weighted by Crippen LogP contribution is -2.45. The highest BCUT2D eigenvalue weighted by Crippen LogP contribution is 2.21. The lowest BCUT2D eigenvalue weighted by atomic mass is 10.1. The standard InChI is InChI=1S/C17H16F2N2O3/c18-13-6-5-11(9-14(13)19)17(23)21-7-1-4-15(21)16(22)20-10-12-3-2-8-24-12/h2-3,5-6,8-9,15H,1,4,7,10H2,(H,20,22)/t15-/m0/s1. The average molecular weight is 334 g/mol. The van der Waals surface area contributed by atoms with Gasteiger partial charge in [0, 0.05) is 12.1 Å². The maximum Gasteiger partial charge on any atom is 0.254 e. The molecule has 3 rings (SSSR count). The fraction of sp³-hybridized carbons (Fsp3) is 0.294. The van der Waals surface area contributed by atoms with Crippen molar-refractivity contribution in [2.24, 2.45) is 0 Å². The minimum absolute atomic E-state index is 0.0274. The molecule has 1 aromatic carbocycles. The molecule has 1 aliphatic heterocycles. The van der Waals surface area contributed by atoms with E-state index in [1.807, 2.05) is 0 Å². The first-order valence-corrected chi connectivity index (χ1v) is 7.62. The molecule has 2 amide bonds. The molecule has 0 aliphatic carbocycles. The normalized spacial score (nSPS) is 17.1. The number of nitrogens with zero attached hydrogens (tertiary/aromatic N) is 1. The van der Waals surface area contributed by atoms with Gasteiger partial charge < -0.3 is 14.6 Å². The Bertz CT molecular complexity index is 746. The van der Waals surface area contributed by atoms with Crippen LogP contribution < -0.4 is 5.32 Å². The van der Waals surface area contributed by atoms with Gasteiger partial charge in [0.05, 0.1) is 12.8 Å². The summed E-state index contributed by atoms with van der Waals surface area (Å²) in [6.07, 6.45) is 2.71. The summed E-state index contributed by atoms with van der Waals surface area (Å²) in [6.45, 7) is 0.631. The lowest BCUT2D eigenvalue weighted by Gasteiger charge is -2.24. The monoisotopic (exact) mass is 334 g/mol. The molecule has 5 nitrogen and oxygen atoms in total. The minimum Gasteiger partial charge on any atom is -0.467 e. The summed E-state index contributed by atoms with van der Waals surface area (Å²) < 4.78 is 31.5. The van der Waals surface area contributed by atoms with E-state index in [-0.39, 0.29) is 18.0 Å². The predicted octanol–water partition coefficient (Wildman–Crippen LogP) is 2.48. The summed E-state index contributed by atoms with van der Waals surface area (Å²) in [5.74, 6) is -2.26. The van der Waals surface area contributed by atoms with Crippen LogP contribution in [0.15, 0.2) is 41.0 Å². The second-order valence-corrected chi connectivity index (χ2v) is 5.58. The molecule has 7 heteroatoms. The van der Waals surface area contributed by atoms with Gasteiger partial charge in [0.2, 0.25) is 5.91 Å². The number of halogens is 2. The van der Waals surface area contributed by atoms with Crippen molar-refractivity contribution in [1.29, 1.82) is 0 Å². The van der Waals surface area contributed by atoms with Crippen LogP contribution in [-0.4, -0.2) is 29.3 Å². The predicted molar refractivity (Wildman–Crippen MR) is 81.0 cm³/mol. The molecule has 0 unspecified atom stereocenters. The molecular weight excluding hydrogens is 318 g/mol. The van der Waals surface area contributed by atoms with Gasteiger partial charge in [-0.3, -0.25) is 9.59 Å². The fourth-order valence-electron chi connectivity index (χ4n) is 2.78. The van der Waals surface area contributed by atoms with Crippen molar-refractivity contribution >= 4 is 11.8 Å². The van der Waals surface area contributed by atoms with Crippen LogP contribution in [0.1, 0.15) is 29.0 Å². The van der Waals surface area contributed by atoms with E-state index in [1.54, 1.807) is 12.1 Å². The van der Waals surface area contributed by atoms with E-state index in [4.69, 9.17) is 4.42 Å². The Morgan fingerprint density at radius 3 is 2.79 bits per heavy atom. The Hall–Kier alpha value is -2.70. The Labute approximate surface area is 137 Å². The summed E-state index contributed by atoms with van der Waals surface area (Å²) in [4.78, 5) is 26.2. The number of benzene rings is 1. The van der Waals surface area contributed by atoms with Crippen molar-refractivity contribution in [3.05, 3.63) is 59.6 Å². The van der Waals surface area contributed by atoms with Gasteiger partial charge in [0.1, 0.15) is 11.8 Å². The zero-order chi connectivity index (χ0) is 17.1. The van der Waals surface area contributed by atoms with Crippen LogP contribution in [-0.2, 0) is 11.3 Å². The average Bonchev–Trinajstić information content (AvgIpc) is 3.26. The topological polar surface area (TPSA) is 62.6 Å². The SMILES string of the molecule is O=C(NCc1ccco1)[C@@H]1CCCN1C(=O)c1ccc(F)c(F)c1. The Morgan fingerprint density at radius 1 is 1.25 bits per heavy atom. The molecule has 1 fully saturated rings. The molecule has 2 aromatic rings. The number of furan rings is 1. The van der Waals surface area contributed by atoms with E-state index in [9.17, 15) is 18.4 Å². The van der Waals surface area contributed by atoms with Crippen molar-refractivity contribution in [3.63, 3.8) is 0 Å². The van der Waals surface area contributed by atoms with Gasteiger partial charge in [-0.1, -0.05) is 0 Å². The smallest absolute Gasteiger partial charge is 0.254 e. The summed E-state index contributed by atoms with van der Waals surface area (Å²) in [5.41, 5.74) is 0.0274. The van der Waals surface area contributed by atoms with Gasteiger partial charge in [-0.15, -0.1) is 0 Å². The van der Waals surface area contributed by atoms with Crippen molar-refractivity contribution in [3.8, 4) is 0 Å². The molecule has 0 radical (unpaired) electrons. The number of likely N-dealkylation sites (tertiary alicyclic amines) is 1. The number of hydrogen-bond acceptors (Lipinski definition) is 3. The zero-order valence-electron chi connectivity index (χ0n) is 12.8. The van der Waals surface area contributed by atoms with Crippen molar-refractivity contribution < 1.29 is 22.8 Å². The van der Waals surface area contributed by atoms with Gasteiger partial charge in [-0.25, -0.2) is 8.78 Å². The number of hydrogen-bond donors (Lipinski definition) is 1. The molecule has 0 bridgehead atoms. The molecule has 1 aliphatic rings. The maximum absolute atomic E-state index is 13.3. The highest BCUT2D eigenvalue weighted by atomic mass is 19.2. The Kier molecular flexibility index (Phi) is 4.59. The summed E-state index contributed by atoms with van der Waals surface area (Å²) in [6, 6.07) is 5.81. The van der Waals surface area contributed by atoms with E-state index >= 15 is 0 Å². The molecule has 1 saturated heterocycles. The number of rotatable bonds is 4. The zero-order valence-corrected chi connectivity index (χ0v) is 12.8. The second kappa shape index (κ2) is 6.82.